The molecule has 0 aliphatic rings. The minimum absolute atomic E-state index is 0.711. The monoisotopic (exact) mass is 486 g/mol. The van der Waals surface area contributed by atoms with Crippen molar-refractivity contribution in [3.05, 3.63) is 72.8 Å². The Hall–Kier alpha value is -4.32. The highest BCUT2D eigenvalue weighted by atomic mass is 16.5. The van der Waals surface area contributed by atoms with Crippen LogP contribution in [-0.2, 0) is 0 Å². The summed E-state index contributed by atoms with van der Waals surface area (Å²) < 4.78 is 33.1. The number of hydrogen-bond donors (Lipinski definition) is 0. The molecule has 0 atom stereocenters. The molecule has 0 N–H and O–H groups in total. The van der Waals surface area contributed by atoms with E-state index in [2.05, 4.69) is 18.2 Å². The van der Waals surface area contributed by atoms with E-state index >= 15 is 0 Å². The number of benzene rings is 4. The van der Waals surface area contributed by atoms with Gasteiger partial charge in [-0.25, -0.2) is 0 Å². The van der Waals surface area contributed by atoms with Gasteiger partial charge in [0.2, 0.25) is 0 Å². The van der Waals surface area contributed by atoms with Gasteiger partial charge in [0, 0.05) is 18.2 Å². The minimum atomic E-state index is 0.711. The van der Waals surface area contributed by atoms with Crippen molar-refractivity contribution in [2.45, 2.75) is 0 Å². The summed E-state index contributed by atoms with van der Waals surface area (Å²) in [6.07, 6.45) is 0. The topological polar surface area (TPSA) is 55.4 Å². The molecule has 0 aromatic heterocycles. The summed E-state index contributed by atoms with van der Waals surface area (Å²) in [5.41, 5.74) is 5.84. The summed E-state index contributed by atoms with van der Waals surface area (Å²) in [6, 6.07) is 23.9. The first-order valence-electron chi connectivity index (χ1n) is 11.4. The first-order valence-corrected chi connectivity index (χ1v) is 11.4. The first kappa shape index (κ1) is 24.8. The number of methoxy groups -OCH3 is 6. The number of rotatable bonds is 9. The van der Waals surface area contributed by atoms with Crippen molar-refractivity contribution in [3.63, 3.8) is 0 Å². The fourth-order valence-electron chi connectivity index (χ4n) is 4.05. The average Bonchev–Trinajstić information content (AvgIpc) is 2.95. The SMILES string of the molecule is COc1cc(OC)cc(-c2cc(-c3cc(OC)cc(OC)c3)cc(-c3cc(OC)cc(OC)c3)c2)c1. The van der Waals surface area contributed by atoms with Gasteiger partial charge in [-0.2, -0.15) is 0 Å². The average molecular weight is 487 g/mol. The van der Waals surface area contributed by atoms with E-state index < -0.39 is 0 Å². The highest BCUT2D eigenvalue weighted by Gasteiger charge is 2.13. The van der Waals surface area contributed by atoms with Gasteiger partial charge in [0.05, 0.1) is 42.7 Å². The van der Waals surface area contributed by atoms with Crippen LogP contribution in [0.2, 0.25) is 0 Å². The quantitative estimate of drug-likeness (QED) is 0.261. The third-order valence-corrected chi connectivity index (χ3v) is 5.99. The summed E-state index contributed by atoms with van der Waals surface area (Å²) in [5.74, 6) is 4.26. The largest absolute Gasteiger partial charge is 0.497 e. The maximum Gasteiger partial charge on any atom is 0.123 e. The molecule has 0 amide bonds. The zero-order chi connectivity index (χ0) is 25.7. The van der Waals surface area contributed by atoms with Gasteiger partial charge in [0.25, 0.3) is 0 Å². The molecule has 0 aliphatic heterocycles. The highest BCUT2D eigenvalue weighted by Crippen LogP contribution is 2.39. The molecule has 0 aliphatic carbocycles. The van der Waals surface area contributed by atoms with Crippen LogP contribution in [0.15, 0.2) is 72.8 Å². The molecule has 186 valence electrons. The molecule has 0 saturated heterocycles. The first-order chi connectivity index (χ1) is 17.5. The number of ether oxygens (including phenoxy) is 6. The number of hydrogen-bond acceptors (Lipinski definition) is 6. The van der Waals surface area contributed by atoms with E-state index in [-0.39, 0.29) is 0 Å². The van der Waals surface area contributed by atoms with Crippen molar-refractivity contribution in [3.8, 4) is 67.9 Å². The Balaban J connectivity index is 1.98. The standard InChI is InChI=1S/C30H30O6/c1-31-25-10-22(11-26(16-25)32-2)19-7-20(23-12-27(33-3)17-28(13-23)34-4)9-21(8-19)24-14-29(35-5)18-30(15-24)36-6/h7-18H,1-6H3. The summed E-state index contributed by atoms with van der Waals surface area (Å²) >= 11 is 0. The fourth-order valence-corrected chi connectivity index (χ4v) is 4.05. The van der Waals surface area contributed by atoms with E-state index in [1.165, 1.54) is 0 Å². The van der Waals surface area contributed by atoms with Crippen LogP contribution in [-0.4, -0.2) is 42.7 Å². The van der Waals surface area contributed by atoms with Crippen LogP contribution in [0.25, 0.3) is 33.4 Å². The smallest absolute Gasteiger partial charge is 0.123 e. The Morgan fingerprint density at radius 2 is 0.417 bits per heavy atom. The molecule has 0 radical (unpaired) electrons. The van der Waals surface area contributed by atoms with Crippen molar-refractivity contribution in [1.29, 1.82) is 0 Å². The molecule has 0 bridgehead atoms. The summed E-state index contributed by atoms with van der Waals surface area (Å²) in [5, 5.41) is 0. The van der Waals surface area contributed by atoms with Crippen molar-refractivity contribution in [1.82, 2.24) is 0 Å². The molecule has 36 heavy (non-hydrogen) atoms. The van der Waals surface area contributed by atoms with Gasteiger partial charge in [-0.3, -0.25) is 0 Å². The molecule has 6 nitrogen and oxygen atoms in total. The third kappa shape index (κ3) is 5.33. The normalized spacial score (nSPS) is 10.5. The van der Waals surface area contributed by atoms with E-state index in [4.69, 9.17) is 28.4 Å². The summed E-state index contributed by atoms with van der Waals surface area (Å²) in [7, 11) is 9.87. The molecule has 4 aromatic carbocycles. The van der Waals surface area contributed by atoms with Gasteiger partial charge in [0.1, 0.15) is 34.5 Å². The van der Waals surface area contributed by atoms with Gasteiger partial charge in [-0.15, -0.1) is 0 Å². The lowest BCUT2D eigenvalue weighted by Crippen LogP contribution is -1.93. The lowest BCUT2D eigenvalue weighted by atomic mass is 9.92. The second-order valence-electron chi connectivity index (χ2n) is 8.10. The molecule has 4 aromatic rings. The third-order valence-electron chi connectivity index (χ3n) is 5.99. The van der Waals surface area contributed by atoms with Gasteiger partial charge in [-0.05, 0) is 88.0 Å². The predicted molar refractivity (Wildman–Crippen MR) is 142 cm³/mol. The van der Waals surface area contributed by atoms with Gasteiger partial charge < -0.3 is 28.4 Å². The molecule has 0 unspecified atom stereocenters. The van der Waals surface area contributed by atoms with Crippen LogP contribution in [0.4, 0.5) is 0 Å². The van der Waals surface area contributed by atoms with E-state index in [0.29, 0.717) is 34.5 Å². The fraction of sp³-hybridized carbons (Fsp3) is 0.200. The van der Waals surface area contributed by atoms with Gasteiger partial charge in [-0.1, -0.05) is 0 Å². The molecule has 0 saturated carbocycles. The Labute approximate surface area is 211 Å². The summed E-state index contributed by atoms with van der Waals surface area (Å²) in [6.45, 7) is 0. The predicted octanol–water partition coefficient (Wildman–Crippen LogP) is 6.74. The van der Waals surface area contributed by atoms with Crippen LogP contribution < -0.4 is 28.4 Å². The molecule has 0 heterocycles. The highest BCUT2D eigenvalue weighted by molar-refractivity contribution is 5.83. The Bertz CT molecular complexity index is 1120. The second-order valence-corrected chi connectivity index (χ2v) is 8.10. The second kappa shape index (κ2) is 11.0. The van der Waals surface area contributed by atoms with Crippen molar-refractivity contribution >= 4 is 0 Å². The van der Waals surface area contributed by atoms with Crippen LogP contribution >= 0.6 is 0 Å². The lowest BCUT2D eigenvalue weighted by molar-refractivity contribution is 0.394. The van der Waals surface area contributed by atoms with Crippen molar-refractivity contribution < 1.29 is 28.4 Å². The van der Waals surface area contributed by atoms with Crippen LogP contribution in [0.3, 0.4) is 0 Å². The zero-order valence-electron chi connectivity index (χ0n) is 21.4. The van der Waals surface area contributed by atoms with Crippen LogP contribution in [0.1, 0.15) is 0 Å². The van der Waals surface area contributed by atoms with E-state index in [0.717, 1.165) is 33.4 Å². The maximum absolute atomic E-state index is 5.52. The molecule has 4 rings (SSSR count). The molecular weight excluding hydrogens is 456 g/mol. The van der Waals surface area contributed by atoms with Gasteiger partial charge in [0.15, 0.2) is 0 Å². The van der Waals surface area contributed by atoms with Crippen LogP contribution in [0, 0.1) is 0 Å². The molecule has 0 fully saturated rings. The molecule has 6 heteroatoms. The Kier molecular flexibility index (Phi) is 7.54. The summed E-state index contributed by atoms with van der Waals surface area (Å²) in [4.78, 5) is 0. The van der Waals surface area contributed by atoms with Gasteiger partial charge >= 0.3 is 0 Å². The Morgan fingerprint density at radius 3 is 0.583 bits per heavy atom. The van der Waals surface area contributed by atoms with Crippen LogP contribution in [0.5, 0.6) is 34.5 Å². The van der Waals surface area contributed by atoms with E-state index in [1.807, 2.05) is 54.6 Å². The van der Waals surface area contributed by atoms with Crippen molar-refractivity contribution in [2.24, 2.45) is 0 Å². The molecule has 0 spiro atoms. The van der Waals surface area contributed by atoms with Crippen molar-refractivity contribution in [2.75, 3.05) is 42.7 Å². The van der Waals surface area contributed by atoms with E-state index in [9.17, 15) is 0 Å². The maximum atomic E-state index is 5.52. The minimum Gasteiger partial charge on any atom is -0.497 e. The van der Waals surface area contributed by atoms with E-state index in [1.54, 1.807) is 42.7 Å². The zero-order valence-corrected chi connectivity index (χ0v) is 21.4. The lowest BCUT2D eigenvalue weighted by Gasteiger charge is -2.15. The molecular formula is C30H30O6. The Morgan fingerprint density at radius 1 is 0.250 bits per heavy atom.